The largest absolute Gasteiger partial charge is 0.493 e. The van der Waals surface area contributed by atoms with Crippen molar-refractivity contribution in [3.8, 4) is 17.2 Å². The normalized spacial score (nSPS) is 12.1. The summed E-state index contributed by atoms with van der Waals surface area (Å²) in [4.78, 5) is 14.2. The Balaban J connectivity index is 1.51. The molecule has 6 heteroatoms. The van der Waals surface area contributed by atoms with Crippen LogP contribution < -0.4 is 14.2 Å². The first-order valence-corrected chi connectivity index (χ1v) is 8.05. The van der Waals surface area contributed by atoms with E-state index in [1.165, 1.54) is 0 Å². The molecule has 2 aromatic rings. The van der Waals surface area contributed by atoms with Gasteiger partial charge in [-0.15, -0.1) is 0 Å². The molecule has 0 unspecified atom stereocenters. The molecule has 0 bridgehead atoms. The molecule has 0 spiro atoms. The van der Waals surface area contributed by atoms with Gasteiger partial charge in [-0.3, -0.25) is 4.79 Å². The van der Waals surface area contributed by atoms with E-state index in [1.54, 1.807) is 42.3 Å². The van der Waals surface area contributed by atoms with Crippen molar-refractivity contribution in [3.63, 3.8) is 0 Å². The quantitative estimate of drug-likeness (QED) is 0.749. The first-order valence-electron chi connectivity index (χ1n) is 7.67. The Labute approximate surface area is 145 Å². The number of fused-ring (bicyclic) bond motifs is 1. The Morgan fingerprint density at radius 1 is 1.25 bits per heavy atom. The number of ether oxygens (including phenoxy) is 3. The molecule has 0 saturated carbocycles. The van der Waals surface area contributed by atoms with Gasteiger partial charge < -0.3 is 19.1 Å². The maximum atomic E-state index is 12.5. The van der Waals surface area contributed by atoms with Crippen molar-refractivity contribution in [2.24, 2.45) is 0 Å². The van der Waals surface area contributed by atoms with Crippen LogP contribution in [0.2, 0.25) is 5.02 Å². The third-order valence-corrected chi connectivity index (χ3v) is 3.91. The van der Waals surface area contributed by atoms with Crippen LogP contribution in [-0.4, -0.2) is 37.8 Å². The third-order valence-electron chi connectivity index (χ3n) is 3.68. The minimum Gasteiger partial charge on any atom is -0.493 e. The zero-order chi connectivity index (χ0) is 16.9. The van der Waals surface area contributed by atoms with Crippen molar-refractivity contribution in [2.45, 2.75) is 6.42 Å². The summed E-state index contributed by atoms with van der Waals surface area (Å²) < 4.78 is 16.3. The minimum absolute atomic E-state index is 0.0971. The van der Waals surface area contributed by atoms with Crippen LogP contribution >= 0.6 is 11.6 Å². The van der Waals surface area contributed by atoms with E-state index in [0.717, 1.165) is 5.75 Å². The van der Waals surface area contributed by atoms with Crippen LogP contribution in [0.1, 0.15) is 16.8 Å². The van der Waals surface area contributed by atoms with E-state index in [1.807, 2.05) is 12.1 Å². The fraction of sp³-hybridized carbons (Fsp3) is 0.278. The molecule has 2 aromatic carbocycles. The fourth-order valence-corrected chi connectivity index (χ4v) is 2.63. The van der Waals surface area contributed by atoms with Gasteiger partial charge in [-0.2, -0.15) is 0 Å². The smallest absolute Gasteiger partial charge is 0.257 e. The predicted octanol–water partition coefficient (Wildman–Crippen LogP) is 3.61. The summed E-state index contributed by atoms with van der Waals surface area (Å²) in [5.41, 5.74) is 0.517. The van der Waals surface area contributed by atoms with Crippen LogP contribution in [0.4, 0.5) is 0 Å². The van der Waals surface area contributed by atoms with Crippen molar-refractivity contribution in [2.75, 3.05) is 27.0 Å². The summed E-state index contributed by atoms with van der Waals surface area (Å²) in [5, 5.41) is 0.639. The van der Waals surface area contributed by atoms with Gasteiger partial charge in [-0.05, 0) is 36.8 Å². The van der Waals surface area contributed by atoms with Crippen molar-refractivity contribution in [3.05, 3.63) is 53.1 Å². The van der Waals surface area contributed by atoms with Crippen LogP contribution in [0, 0.1) is 0 Å². The number of carbonyl (C=O) groups excluding carboxylic acids is 1. The molecule has 0 radical (unpaired) electrons. The molecule has 1 amide bonds. The average molecular weight is 348 g/mol. The maximum absolute atomic E-state index is 12.5. The number of hydrogen-bond acceptors (Lipinski definition) is 4. The van der Waals surface area contributed by atoms with E-state index in [4.69, 9.17) is 25.8 Å². The first kappa shape index (κ1) is 16.5. The Morgan fingerprint density at radius 2 is 2.08 bits per heavy atom. The molecule has 1 aliphatic heterocycles. The second kappa shape index (κ2) is 7.45. The number of rotatable bonds is 6. The molecule has 0 aromatic heterocycles. The van der Waals surface area contributed by atoms with Gasteiger partial charge in [0.15, 0.2) is 11.5 Å². The molecule has 0 N–H and O–H groups in total. The number of nitrogens with zero attached hydrogens (tertiary/aromatic N) is 1. The van der Waals surface area contributed by atoms with E-state index < -0.39 is 0 Å². The van der Waals surface area contributed by atoms with Gasteiger partial charge in [0, 0.05) is 18.6 Å². The number of benzene rings is 2. The van der Waals surface area contributed by atoms with Crippen molar-refractivity contribution in [1.82, 2.24) is 4.90 Å². The second-order valence-electron chi connectivity index (χ2n) is 5.43. The van der Waals surface area contributed by atoms with E-state index in [-0.39, 0.29) is 12.7 Å². The molecule has 0 fully saturated rings. The number of halogens is 1. The highest BCUT2D eigenvalue weighted by Crippen LogP contribution is 2.35. The molecule has 1 heterocycles. The molecule has 0 atom stereocenters. The highest BCUT2D eigenvalue weighted by Gasteiger charge is 2.23. The lowest BCUT2D eigenvalue weighted by Gasteiger charge is -2.18. The molecular weight excluding hydrogens is 330 g/mol. The van der Waals surface area contributed by atoms with E-state index in [0.29, 0.717) is 41.7 Å². The molecule has 0 saturated heterocycles. The SMILES string of the molecule is CN(CCCOc1cccc(Cl)c1)C(=O)c1cccc2c1OCO2. The lowest BCUT2D eigenvalue weighted by atomic mass is 10.1. The molecule has 1 aliphatic rings. The van der Waals surface area contributed by atoms with Crippen molar-refractivity contribution in [1.29, 1.82) is 0 Å². The summed E-state index contributed by atoms with van der Waals surface area (Å²) >= 11 is 5.91. The summed E-state index contributed by atoms with van der Waals surface area (Å²) in [6, 6.07) is 12.6. The van der Waals surface area contributed by atoms with Crippen LogP contribution in [0.15, 0.2) is 42.5 Å². The van der Waals surface area contributed by atoms with E-state index >= 15 is 0 Å². The molecule has 3 rings (SSSR count). The standard InChI is InChI=1S/C18H18ClNO4/c1-20(9-4-10-22-14-6-2-5-13(19)11-14)18(21)15-7-3-8-16-17(15)24-12-23-16/h2-3,5-8,11H,4,9-10,12H2,1H3. The maximum Gasteiger partial charge on any atom is 0.257 e. The number of para-hydroxylation sites is 1. The van der Waals surface area contributed by atoms with Crippen molar-refractivity contribution >= 4 is 17.5 Å². The molecule has 5 nitrogen and oxygen atoms in total. The molecule has 24 heavy (non-hydrogen) atoms. The number of amides is 1. The van der Waals surface area contributed by atoms with Gasteiger partial charge in [-0.25, -0.2) is 0 Å². The van der Waals surface area contributed by atoms with Gasteiger partial charge in [0.1, 0.15) is 5.75 Å². The predicted molar refractivity (Wildman–Crippen MR) is 91.1 cm³/mol. The Kier molecular flexibility index (Phi) is 5.11. The Morgan fingerprint density at radius 3 is 2.92 bits per heavy atom. The number of hydrogen-bond donors (Lipinski definition) is 0. The monoisotopic (exact) mass is 347 g/mol. The van der Waals surface area contributed by atoms with Gasteiger partial charge in [-0.1, -0.05) is 23.7 Å². The first-order chi connectivity index (χ1) is 11.6. The lowest BCUT2D eigenvalue weighted by molar-refractivity contribution is 0.0783. The zero-order valence-electron chi connectivity index (χ0n) is 13.3. The summed E-state index contributed by atoms with van der Waals surface area (Å²) in [6.07, 6.45) is 0.709. The summed E-state index contributed by atoms with van der Waals surface area (Å²) in [7, 11) is 1.76. The zero-order valence-corrected chi connectivity index (χ0v) is 14.1. The van der Waals surface area contributed by atoms with Gasteiger partial charge in [0.05, 0.1) is 12.2 Å². The van der Waals surface area contributed by atoms with Crippen LogP contribution in [0.5, 0.6) is 17.2 Å². The molecule has 0 aliphatic carbocycles. The minimum atomic E-state index is -0.0971. The highest BCUT2D eigenvalue weighted by molar-refractivity contribution is 6.30. The average Bonchev–Trinajstić information content (AvgIpc) is 3.06. The van der Waals surface area contributed by atoms with Gasteiger partial charge in [0.25, 0.3) is 5.91 Å². The summed E-state index contributed by atoms with van der Waals surface area (Å²) in [5.74, 6) is 1.76. The Bertz CT molecular complexity index is 735. The van der Waals surface area contributed by atoms with Gasteiger partial charge >= 0.3 is 0 Å². The third kappa shape index (κ3) is 3.74. The van der Waals surface area contributed by atoms with Gasteiger partial charge in [0.2, 0.25) is 6.79 Å². The number of carbonyl (C=O) groups is 1. The summed E-state index contributed by atoms with van der Waals surface area (Å²) in [6.45, 7) is 1.23. The van der Waals surface area contributed by atoms with Crippen LogP contribution in [0.3, 0.4) is 0 Å². The fourth-order valence-electron chi connectivity index (χ4n) is 2.45. The highest BCUT2D eigenvalue weighted by atomic mass is 35.5. The van der Waals surface area contributed by atoms with Crippen LogP contribution in [-0.2, 0) is 0 Å². The molecular formula is C18H18ClNO4. The van der Waals surface area contributed by atoms with E-state index in [9.17, 15) is 4.79 Å². The van der Waals surface area contributed by atoms with Crippen molar-refractivity contribution < 1.29 is 19.0 Å². The lowest BCUT2D eigenvalue weighted by Crippen LogP contribution is -2.28. The molecule has 126 valence electrons. The topological polar surface area (TPSA) is 48.0 Å². The second-order valence-corrected chi connectivity index (χ2v) is 5.86. The van der Waals surface area contributed by atoms with Crippen LogP contribution in [0.25, 0.3) is 0 Å². The Hall–Kier alpha value is -2.40. The van der Waals surface area contributed by atoms with E-state index in [2.05, 4.69) is 0 Å².